The van der Waals surface area contributed by atoms with Gasteiger partial charge in [-0.2, -0.15) is 0 Å². The van der Waals surface area contributed by atoms with Crippen LogP contribution in [0.2, 0.25) is 0 Å². The Morgan fingerprint density at radius 2 is 2.04 bits per heavy atom. The van der Waals surface area contributed by atoms with Crippen LogP contribution >= 0.6 is 0 Å². The van der Waals surface area contributed by atoms with Gasteiger partial charge < -0.3 is 19.5 Å². The number of carbonyl (C=O) groups excluding carboxylic acids is 1. The molecule has 0 unspecified atom stereocenters. The third-order valence-electron chi connectivity index (χ3n) is 4.81. The summed E-state index contributed by atoms with van der Waals surface area (Å²) in [5.74, 6) is -0.114. The van der Waals surface area contributed by atoms with Crippen LogP contribution < -0.4 is 4.74 Å². The number of ether oxygens (including phenoxy) is 2. The molecular formula is C18H23NO5. The van der Waals surface area contributed by atoms with Gasteiger partial charge in [0.2, 0.25) is 0 Å². The van der Waals surface area contributed by atoms with Crippen LogP contribution in [0, 0.1) is 5.92 Å². The lowest BCUT2D eigenvalue weighted by Gasteiger charge is -2.34. The van der Waals surface area contributed by atoms with E-state index in [2.05, 4.69) is 0 Å². The number of aliphatic carboxylic acids is 1. The van der Waals surface area contributed by atoms with Gasteiger partial charge in [0.15, 0.2) is 6.61 Å². The average molecular weight is 333 g/mol. The van der Waals surface area contributed by atoms with E-state index in [-0.39, 0.29) is 11.9 Å². The Bertz CT molecular complexity index is 597. The molecule has 0 radical (unpaired) electrons. The van der Waals surface area contributed by atoms with Crippen molar-refractivity contribution in [3.05, 3.63) is 29.8 Å². The molecule has 2 heterocycles. The van der Waals surface area contributed by atoms with Crippen LogP contribution in [0.3, 0.4) is 0 Å². The number of carbonyl (C=O) groups is 2. The van der Waals surface area contributed by atoms with E-state index >= 15 is 0 Å². The highest BCUT2D eigenvalue weighted by Crippen LogP contribution is 2.31. The first-order valence-electron chi connectivity index (χ1n) is 8.48. The van der Waals surface area contributed by atoms with Gasteiger partial charge in [-0.1, -0.05) is 6.07 Å². The molecular weight excluding hydrogens is 310 g/mol. The number of amides is 1. The van der Waals surface area contributed by atoms with Crippen molar-refractivity contribution in [2.75, 3.05) is 26.4 Å². The predicted octanol–water partition coefficient (Wildman–Crippen LogP) is 2.18. The van der Waals surface area contributed by atoms with Crippen LogP contribution in [0.15, 0.2) is 24.3 Å². The zero-order chi connectivity index (χ0) is 16.9. The molecule has 1 atom stereocenters. The molecule has 0 aromatic heterocycles. The van der Waals surface area contributed by atoms with E-state index in [0.717, 1.165) is 45.4 Å². The monoisotopic (exact) mass is 333 g/mol. The molecule has 1 aromatic rings. The summed E-state index contributed by atoms with van der Waals surface area (Å²) in [7, 11) is 0. The van der Waals surface area contributed by atoms with Gasteiger partial charge in [-0.15, -0.1) is 0 Å². The molecule has 0 spiro atoms. The van der Waals surface area contributed by atoms with E-state index in [0.29, 0.717) is 17.2 Å². The van der Waals surface area contributed by atoms with Crippen LogP contribution in [-0.4, -0.2) is 54.3 Å². The van der Waals surface area contributed by atoms with Crippen molar-refractivity contribution in [3.63, 3.8) is 0 Å². The molecule has 2 aliphatic heterocycles. The van der Waals surface area contributed by atoms with Gasteiger partial charge in [0.1, 0.15) is 5.75 Å². The quantitative estimate of drug-likeness (QED) is 0.894. The van der Waals surface area contributed by atoms with Crippen LogP contribution in [0.4, 0.5) is 0 Å². The molecule has 1 N–H and O–H groups in total. The van der Waals surface area contributed by atoms with Crippen LogP contribution in [0.25, 0.3) is 0 Å². The Morgan fingerprint density at radius 1 is 1.25 bits per heavy atom. The number of rotatable bonds is 5. The van der Waals surface area contributed by atoms with E-state index in [1.807, 2.05) is 4.90 Å². The molecule has 0 bridgehead atoms. The number of hydrogen-bond acceptors (Lipinski definition) is 4. The maximum atomic E-state index is 12.9. The fraction of sp³-hybridized carbons (Fsp3) is 0.556. The third-order valence-corrected chi connectivity index (χ3v) is 4.81. The Balaban J connectivity index is 1.70. The first kappa shape index (κ1) is 16.8. The molecule has 2 fully saturated rings. The van der Waals surface area contributed by atoms with Gasteiger partial charge in [-0.05, 0) is 49.8 Å². The minimum absolute atomic E-state index is 0.00441. The first-order valence-corrected chi connectivity index (χ1v) is 8.48. The van der Waals surface area contributed by atoms with Gasteiger partial charge in [0.05, 0.1) is 0 Å². The largest absolute Gasteiger partial charge is 0.482 e. The summed E-state index contributed by atoms with van der Waals surface area (Å²) in [6.45, 7) is 1.93. The van der Waals surface area contributed by atoms with E-state index < -0.39 is 12.6 Å². The van der Waals surface area contributed by atoms with E-state index in [1.165, 1.54) is 0 Å². The molecule has 3 rings (SSSR count). The Hall–Kier alpha value is -2.08. The maximum absolute atomic E-state index is 12.9. The zero-order valence-corrected chi connectivity index (χ0v) is 13.6. The number of carboxylic acids is 1. The van der Waals surface area contributed by atoms with E-state index in [4.69, 9.17) is 14.6 Å². The van der Waals surface area contributed by atoms with Crippen molar-refractivity contribution in [3.8, 4) is 5.75 Å². The summed E-state index contributed by atoms with van der Waals surface area (Å²) < 4.78 is 10.6. The molecule has 6 nitrogen and oxygen atoms in total. The normalized spacial score (nSPS) is 21.7. The van der Waals surface area contributed by atoms with Gasteiger partial charge in [0.25, 0.3) is 5.91 Å². The first-order chi connectivity index (χ1) is 11.6. The Kier molecular flexibility index (Phi) is 5.35. The fourth-order valence-electron chi connectivity index (χ4n) is 3.67. The predicted molar refractivity (Wildman–Crippen MR) is 87.2 cm³/mol. The van der Waals surface area contributed by atoms with Gasteiger partial charge in [-0.25, -0.2) is 4.79 Å². The fourth-order valence-corrected chi connectivity index (χ4v) is 3.67. The Morgan fingerprint density at radius 3 is 2.79 bits per heavy atom. The molecule has 6 heteroatoms. The van der Waals surface area contributed by atoms with Crippen molar-refractivity contribution in [2.24, 2.45) is 5.92 Å². The number of nitrogens with zero attached hydrogens (tertiary/aromatic N) is 1. The van der Waals surface area contributed by atoms with Crippen molar-refractivity contribution in [2.45, 2.75) is 31.7 Å². The summed E-state index contributed by atoms with van der Waals surface area (Å²) in [4.78, 5) is 25.5. The molecule has 2 aliphatic rings. The Labute approximate surface area is 141 Å². The highest BCUT2D eigenvalue weighted by Gasteiger charge is 2.35. The smallest absolute Gasteiger partial charge is 0.341 e. The molecule has 24 heavy (non-hydrogen) atoms. The molecule has 1 amide bonds. The molecule has 0 aliphatic carbocycles. The van der Waals surface area contributed by atoms with Gasteiger partial charge >= 0.3 is 5.97 Å². The average Bonchev–Trinajstić information content (AvgIpc) is 3.10. The lowest BCUT2D eigenvalue weighted by Crippen LogP contribution is -2.41. The molecule has 0 saturated carbocycles. The highest BCUT2D eigenvalue weighted by molar-refractivity contribution is 5.95. The minimum Gasteiger partial charge on any atom is -0.482 e. The number of hydrogen-bond donors (Lipinski definition) is 1. The lowest BCUT2D eigenvalue weighted by atomic mass is 9.90. The summed E-state index contributed by atoms with van der Waals surface area (Å²) in [6.07, 6.45) is 4.10. The van der Waals surface area contributed by atoms with Crippen molar-refractivity contribution < 1.29 is 24.2 Å². The van der Waals surface area contributed by atoms with Crippen molar-refractivity contribution in [1.82, 2.24) is 4.90 Å². The van der Waals surface area contributed by atoms with E-state index in [1.54, 1.807) is 24.3 Å². The van der Waals surface area contributed by atoms with Crippen molar-refractivity contribution in [1.29, 1.82) is 0 Å². The van der Waals surface area contributed by atoms with E-state index in [9.17, 15) is 9.59 Å². The zero-order valence-electron chi connectivity index (χ0n) is 13.6. The second-order valence-electron chi connectivity index (χ2n) is 6.37. The molecule has 2 saturated heterocycles. The topological polar surface area (TPSA) is 76.1 Å². The second-order valence-corrected chi connectivity index (χ2v) is 6.37. The summed E-state index contributed by atoms with van der Waals surface area (Å²) >= 11 is 0. The summed E-state index contributed by atoms with van der Waals surface area (Å²) in [5.41, 5.74) is 0.553. The highest BCUT2D eigenvalue weighted by atomic mass is 16.5. The van der Waals surface area contributed by atoms with Crippen LogP contribution in [-0.2, 0) is 9.53 Å². The number of benzene rings is 1. The van der Waals surface area contributed by atoms with Crippen LogP contribution in [0.1, 0.15) is 36.0 Å². The maximum Gasteiger partial charge on any atom is 0.341 e. The number of carboxylic acid groups (broad SMARTS) is 1. The summed E-state index contributed by atoms with van der Waals surface area (Å²) in [5, 5.41) is 8.69. The number of likely N-dealkylation sites (tertiary alicyclic amines) is 1. The van der Waals surface area contributed by atoms with Gasteiger partial charge in [0, 0.05) is 31.4 Å². The second kappa shape index (κ2) is 7.66. The molecule has 130 valence electrons. The van der Waals surface area contributed by atoms with Crippen LogP contribution in [0.5, 0.6) is 5.75 Å². The SMILES string of the molecule is O=C(O)COc1cccc(C(=O)N2CCC[C@H]2C2CCOCC2)c1. The summed E-state index contributed by atoms with van der Waals surface area (Å²) in [6, 6.07) is 7.06. The van der Waals surface area contributed by atoms with Gasteiger partial charge in [-0.3, -0.25) is 4.79 Å². The standard InChI is InChI=1S/C18H23NO5/c20-17(21)12-24-15-4-1-3-14(11-15)18(22)19-8-2-5-16(19)13-6-9-23-10-7-13/h1,3-4,11,13,16H,2,5-10,12H2,(H,20,21)/t16-/m0/s1. The third kappa shape index (κ3) is 3.87. The minimum atomic E-state index is -1.04. The van der Waals surface area contributed by atoms with Crippen molar-refractivity contribution >= 4 is 11.9 Å². The lowest BCUT2D eigenvalue weighted by molar-refractivity contribution is -0.139. The molecule has 1 aromatic carbocycles.